The lowest BCUT2D eigenvalue weighted by Crippen LogP contribution is -2.04. The maximum Gasteiger partial charge on any atom is 0.272 e. The normalized spacial score (nSPS) is 20.9. The molecule has 0 saturated heterocycles. The Kier molecular flexibility index (Phi) is 3.63. The number of nitro groups is 1. The second-order valence-electron chi connectivity index (χ2n) is 6.39. The molecule has 0 aromatic heterocycles. The summed E-state index contributed by atoms with van der Waals surface area (Å²) in [5.41, 5.74) is 3.71. The van der Waals surface area contributed by atoms with Crippen LogP contribution in [0.25, 0.3) is 0 Å². The third-order valence-electron chi connectivity index (χ3n) is 4.56. The molecule has 0 saturated carbocycles. The topological polar surface area (TPSA) is 86.3 Å². The zero-order chi connectivity index (χ0) is 17.6. The largest absolute Gasteiger partial charge is 0.454 e. The number of aryl methyl sites for hydroxylation is 1. The van der Waals surface area contributed by atoms with Crippen molar-refractivity contribution in [3.63, 3.8) is 0 Å². The summed E-state index contributed by atoms with van der Waals surface area (Å²) in [6, 6.07) is 8.79. The van der Waals surface area contributed by atoms with Crippen molar-refractivity contribution in [2.75, 3.05) is 6.79 Å². The second kappa shape index (κ2) is 5.84. The summed E-state index contributed by atoms with van der Waals surface area (Å²) in [5, 5.41) is 20.0. The molecule has 2 aliphatic rings. The summed E-state index contributed by atoms with van der Waals surface area (Å²) in [5.74, 6) is 1.44. The smallest absolute Gasteiger partial charge is 0.272 e. The Hall–Kier alpha value is -2.96. The van der Waals surface area contributed by atoms with E-state index in [1.807, 2.05) is 25.1 Å². The number of nitrogens with zero attached hydrogens (tertiary/aromatic N) is 3. The molecular formula is C18H17N3O4. The number of hydrogen-bond donors (Lipinski definition) is 0. The van der Waals surface area contributed by atoms with Crippen LogP contribution in [0.2, 0.25) is 0 Å². The van der Waals surface area contributed by atoms with Crippen LogP contribution in [0.3, 0.4) is 0 Å². The van der Waals surface area contributed by atoms with Crippen molar-refractivity contribution in [2.45, 2.75) is 32.4 Å². The van der Waals surface area contributed by atoms with Crippen molar-refractivity contribution in [1.29, 1.82) is 0 Å². The van der Waals surface area contributed by atoms with Gasteiger partial charge in [0.1, 0.15) is 6.04 Å². The SMILES string of the molecule is Cc1cc(C2N=N[C@@H](C)Cc3cc4c(cc32)OCO4)ccc1[N+](=O)[O-]. The Labute approximate surface area is 144 Å². The molecule has 7 heteroatoms. The maximum absolute atomic E-state index is 11.1. The van der Waals surface area contributed by atoms with Crippen LogP contribution in [0.5, 0.6) is 11.5 Å². The summed E-state index contributed by atoms with van der Waals surface area (Å²) in [4.78, 5) is 10.7. The minimum Gasteiger partial charge on any atom is -0.454 e. The lowest BCUT2D eigenvalue weighted by molar-refractivity contribution is -0.385. The molecule has 2 heterocycles. The van der Waals surface area contributed by atoms with E-state index in [1.54, 1.807) is 13.0 Å². The molecule has 128 valence electrons. The highest BCUT2D eigenvalue weighted by molar-refractivity contribution is 5.53. The van der Waals surface area contributed by atoms with E-state index in [0.717, 1.165) is 28.9 Å². The van der Waals surface area contributed by atoms with Crippen molar-refractivity contribution in [3.05, 3.63) is 62.7 Å². The summed E-state index contributed by atoms with van der Waals surface area (Å²) >= 11 is 0. The molecule has 0 N–H and O–H groups in total. The van der Waals surface area contributed by atoms with Gasteiger partial charge in [-0.1, -0.05) is 0 Å². The van der Waals surface area contributed by atoms with Crippen LogP contribution >= 0.6 is 0 Å². The van der Waals surface area contributed by atoms with Gasteiger partial charge in [0.05, 0.1) is 11.0 Å². The lowest BCUT2D eigenvalue weighted by Gasteiger charge is -2.16. The quantitative estimate of drug-likeness (QED) is 0.608. The molecular weight excluding hydrogens is 322 g/mol. The number of fused-ring (bicyclic) bond motifs is 2. The Bertz CT molecular complexity index is 894. The van der Waals surface area contributed by atoms with Gasteiger partial charge in [0.25, 0.3) is 5.69 Å². The molecule has 2 aromatic rings. The molecule has 0 spiro atoms. The number of nitro benzene ring substituents is 1. The van der Waals surface area contributed by atoms with E-state index in [4.69, 9.17) is 9.47 Å². The number of azo groups is 1. The van der Waals surface area contributed by atoms with Gasteiger partial charge < -0.3 is 9.47 Å². The lowest BCUT2D eigenvalue weighted by atomic mass is 9.91. The third-order valence-corrected chi connectivity index (χ3v) is 4.56. The fourth-order valence-electron chi connectivity index (χ4n) is 3.33. The first-order valence-electron chi connectivity index (χ1n) is 8.10. The molecule has 0 bridgehead atoms. The van der Waals surface area contributed by atoms with Crippen molar-refractivity contribution in [1.82, 2.24) is 0 Å². The van der Waals surface area contributed by atoms with Gasteiger partial charge in [-0.25, -0.2) is 0 Å². The van der Waals surface area contributed by atoms with Crippen molar-refractivity contribution in [2.24, 2.45) is 10.2 Å². The molecule has 0 radical (unpaired) electrons. The van der Waals surface area contributed by atoms with Gasteiger partial charge in [0, 0.05) is 11.6 Å². The molecule has 4 rings (SSSR count). The van der Waals surface area contributed by atoms with Gasteiger partial charge in [0.2, 0.25) is 6.79 Å². The van der Waals surface area contributed by atoms with Crippen LogP contribution in [0.1, 0.15) is 35.2 Å². The highest BCUT2D eigenvalue weighted by Gasteiger charge is 2.27. The van der Waals surface area contributed by atoms with Crippen LogP contribution in [-0.2, 0) is 6.42 Å². The fourth-order valence-corrected chi connectivity index (χ4v) is 3.33. The van der Waals surface area contributed by atoms with Crippen molar-refractivity contribution >= 4 is 5.69 Å². The van der Waals surface area contributed by atoms with E-state index in [0.29, 0.717) is 11.3 Å². The van der Waals surface area contributed by atoms with E-state index in [2.05, 4.69) is 10.2 Å². The monoisotopic (exact) mass is 339 g/mol. The average molecular weight is 339 g/mol. The Morgan fingerprint density at radius 3 is 2.64 bits per heavy atom. The zero-order valence-corrected chi connectivity index (χ0v) is 13.9. The Morgan fingerprint density at radius 1 is 1.16 bits per heavy atom. The van der Waals surface area contributed by atoms with Gasteiger partial charge in [-0.2, -0.15) is 10.2 Å². The summed E-state index contributed by atoms with van der Waals surface area (Å²) < 4.78 is 11.0. The third kappa shape index (κ3) is 2.71. The zero-order valence-electron chi connectivity index (χ0n) is 13.9. The van der Waals surface area contributed by atoms with Crippen LogP contribution in [-0.4, -0.2) is 17.8 Å². The van der Waals surface area contributed by atoms with Crippen LogP contribution in [0.15, 0.2) is 40.6 Å². The maximum atomic E-state index is 11.1. The number of benzene rings is 2. The van der Waals surface area contributed by atoms with Crippen LogP contribution in [0, 0.1) is 17.0 Å². The van der Waals surface area contributed by atoms with Crippen molar-refractivity contribution in [3.8, 4) is 11.5 Å². The van der Waals surface area contributed by atoms with Gasteiger partial charge in [0.15, 0.2) is 11.5 Å². The molecule has 0 fully saturated rings. The first-order chi connectivity index (χ1) is 12.0. The minimum atomic E-state index is -0.373. The molecule has 1 unspecified atom stereocenters. The Balaban J connectivity index is 1.84. The molecule has 7 nitrogen and oxygen atoms in total. The summed E-state index contributed by atoms with van der Waals surface area (Å²) in [7, 11) is 0. The molecule has 0 aliphatic carbocycles. The van der Waals surface area contributed by atoms with Crippen LogP contribution < -0.4 is 9.47 Å². The predicted molar refractivity (Wildman–Crippen MR) is 90.3 cm³/mol. The highest BCUT2D eigenvalue weighted by Crippen LogP contribution is 2.42. The van der Waals surface area contributed by atoms with E-state index in [9.17, 15) is 10.1 Å². The van der Waals surface area contributed by atoms with E-state index in [1.165, 1.54) is 6.07 Å². The van der Waals surface area contributed by atoms with Gasteiger partial charge >= 0.3 is 0 Å². The first kappa shape index (κ1) is 15.6. The molecule has 2 aromatic carbocycles. The highest BCUT2D eigenvalue weighted by atomic mass is 16.7. The number of hydrogen-bond acceptors (Lipinski definition) is 6. The number of rotatable bonds is 2. The first-order valence-corrected chi connectivity index (χ1v) is 8.10. The van der Waals surface area contributed by atoms with E-state index >= 15 is 0 Å². The molecule has 2 aliphatic heterocycles. The molecule has 25 heavy (non-hydrogen) atoms. The Morgan fingerprint density at radius 2 is 1.92 bits per heavy atom. The number of ether oxygens (including phenoxy) is 2. The van der Waals surface area contributed by atoms with E-state index in [-0.39, 0.29) is 29.5 Å². The second-order valence-corrected chi connectivity index (χ2v) is 6.39. The van der Waals surface area contributed by atoms with Crippen LogP contribution in [0.4, 0.5) is 5.69 Å². The predicted octanol–water partition coefficient (Wildman–Crippen LogP) is 4.12. The average Bonchev–Trinajstić information content (AvgIpc) is 2.95. The van der Waals surface area contributed by atoms with Gasteiger partial charge in [-0.3, -0.25) is 10.1 Å². The summed E-state index contributed by atoms with van der Waals surface area (Å²) in [6.45, 7) is 3.97. The van der Waals surface area contributed by atoms with Gasteiger partial charge in [-0.05, 0) is 61.2 Å². The minimum absolute atomic E-state index is 0.0586. The molecule has 2 atom stereocenters. The van der Waals surface area contributed by atoms with Gasteiger partial charge in [-0.15, -0.1) is 0 Å². The summed E-state index contributed by atoms with van der Waals surface area (Å²) in [6.07, 6.45) is 0.762. The van der Waals surface area contributed by atoms with Crippen molar-refractivity contribution < 1.29 is 14.4 Å². The van der Waals surface area contributed by atoms with E-state index < -0.39 is 0 Å². The fraction of sp³-hybridized carbons (Fsp3) is 0.333. The molecule has 0 amide bonds. The standard InChI is InChI=1S/C18H17N3O4/c1-10-5-12(3-4-15(10)21(22)23)18-14-8-17-16(24-9-25-17)7-13(14)6-11(2)19-20-18/h3-5,7-8,11,18H,6,9H2,1-2H3/t11-,18?/m0/s1.